The first-order valence-corrected chi connectivity index (χ1v) is 9.24. The Hall–Kier alpha value is -2.08. The Bertz CT molecular complexity index is 612. The summed E-state index contributed by atoms with van der Waals surface area (Å²) in [4.78, 5) is 23.2. The number of piperidine rings is 1. The second-order valence-electron chi connectivity index (χ2n) is 6.84. The van der Waals surface area contributed by atoms with Crippen LogP contribution in [0.5, 0.6) is 5.75 Å². The van der Waals surface area contributed by atoms with E-state index in [0.29, 0.717) is 31.8 Å². The number of amides is 2. The number of fused-ring (bicyclic) bond motifs is 1. The molecule has 6 nitrogen and oxygen atoms in total. The van der Waals surface area contributed by atoms with Crippen LogP contribution in [0.1, 0.15) is 37.7 Å². The maximum absolute atomic E-state index is 11.9. The van der Waals surface area contributed by atoms with Crippen molar-refractivity contribution in [3.63, 3.8) is 0 Å². The molecule has 0 aromatic heterocycles. The smallest absolute Gasteiger partial charge is 0.224 e. The van der Waals surface area contributed by atoms with Crippen molar-refractivity contribution in [2.75, 3.05) is 31.6 Å². The van der Waals surface area contributed by atoms with Gasteiger partial charge in [0.25, 0.3) is 0 Å². The Kier molecular flexibility index (Phi) is 6.28. The second-order valence-corrected chi connectivity index (χ2v) is 6.84. The van der Waals surface area contributed by atoms with Gasteiger partial charge in [0.05, 0.1) is 6.61 Å². The number of benzene rings is 1. The van der Waals surface area contributed by atoms with E-state index < -0.39 is 0 Å². The van der Waals surface area contributed by atoms with Gasteiger partial charge in [-0.3, -0.25) is 9.59 Å². The number of hydrogen-bond donors (Lipinski definition) is 3. The van der Waals surface area contributed by atoms with Crippen LogP contribution >= 0.6 is 0 Å². The summed E-state index contributed by atoms with van der Waals surface area (Å²) in [6.45, 7) is 3.38. The molecular formula is C19H27N3O3. The Balaban J connectivity index is 1.33. The lowest BCUT2D eigenvalue weighted by Gasteiger charge is -2.22. The summed E-state index contributed by atoms with van der Waals surface area (Å²) in [5.41, 5.74) is 1.98. The summed E-state index contributed by atoms with van der Waals surface area (Å²) in [6.07, 6.45) is 4.83. The fraction of sp³-hybridized carbons (Fsp3) is 0.579. The zero-order valence-electron chi connectivity index (χ0n) is 14.6. The van der Waals surface area contributed by atoms with Crippen LogP contribution in [0.25, 0.3) is 0 Å². The molecule has 136 valence electrons. The molecule has 1 aromatic carbocycles. The summed E-state index contributed by atoms with van der Waals surface area (Å²) in [7, 11) is 0. The van der Waals surface area contributed by atoms with Crippen LogP contribution in [-0.2, 0) is 16.0 Å². The van der Waals surface area contributed by atoms with Gasteiger partial charge >= 0.3 is 0 Å². The lowest BCUT2D eigenvalue weighted by Crippen LogP contribution is -2.38. The molecule has 0 aliphatic carbocycles. The van der Waals surface area contributed by atoms with Gasteiger partial charge in [-0.15, -0.1) is 0 Å². The molecule has 2 amide bonds. The fourth-order valence-corrected chi connectivity index (χ4v) is 3.32. The van der Waals surface area contributed by atoms with Crippen molar-refractivity contribution in [3.05, 3.63) is 23.8 Å². The van der Waals surface area contributed by atoms with Crippen molar-refractivity contribution in [3.8, 4) is 5.75 Å². The summed E-state index contributed by atoms with van der Waals surface area (Å²) >= 11 is 0. The number of aryl methyl sites for hydroxylation is 1. The predicted octanol–water partition coefficient (Wildman–Crippen LogP) is 1.85. The van der Waals surface area contributed by atoms with Gasteiger partial charge in [0.2, 0.25) is 11.8 Å². The third kappa shape index (κ3) is 5.46. The average Bonchev–Trinajstić information content (AvgIpc) is 2.64. The standard InChI is InChI=1S/C19H27N3O3/c23-18(21-13-14-3-1-9-20-12-14)4-2-10-25-16-6-7-17-15(11-16)5-8-19(24)22-17/h6-7,11,14,20H,1-5,8-10,12-13H2,(H,21,23)(H,22,24). The van der Waals surface area contributed by atoms with Gasteiger partial charge in [-0.05, 0) is 68.5 Å². The molecule has 2 aliphatic rings. The summed E-state index contributed by atoms with van der Waals surface area (Å²) < 4.78 is 5.74. The topological polar surface area (TPSA) is 79.5 Å². The van der Waals surface area contributed by atoms with Gasteiger partial charge in [-0.2, -0.15) is 0 Å². The number of anilines is 1. The van der Waals surface area contributed by atoms with Crippen molar-refractivity contribution in [1.82, 2.24) is 10.6 Å². The minimum atomic E-state index is 0.0659. The fourth-order valence-electron chi connectivity index (χ4n) is 3.32. The normalized spacial score (nSPS) is 19.7. The molecule has 0 radical (unpaired) electrons. The van der Waals surface area contributed by atoms with Crippen molar-refractivity contribution < 1.29 is 14.3 Å². The summed E-state index contributed by atoms with van der Waals surface area (Å²) in [5.74, 6) is 1.52. The Morgan fingerprint density at radius 3 is 3.08 bits per heavy atom. The predicted molar refractivity (Wildman–Crippen MR) is 96.7 cm³/mol. The zero-order valence-corrected chi connectivity index (χ0v) is 14.6. The van der Waals surface area contributed by atoms with Crippen molar-refractivity contribution in [2.24, 2.45) is 5.92 Å². The molecule has 6 heteroatoms. The Morgan fingerprint density at radius 1 is 1.32 bits per heavy atom. The van der Waals surface area contributed by atoms with E-state index in [0.717, 1.165) is 43.1 Å². The van der Waals surface area contributed by atoms with Gasteiger partial charge < -0.3 is 20.7 Å². The number of hydrogen-bond acceptors (Lipinski definition) is 4. The van der Waals surface area contributed by atoms with Crippen LogP contribution < -0.4 is 20.7 Å². The van der Waals surface area contributed by atoms with E-state index in [-0.39, 0.29) is 11.8 Å². The first kappa shape index (κ1) is 17.7. The van der Waals surface area contributed by atoms with E-state index in [1.807, 2.05) is 18.2 Å². The third-order valence-corrected chi connectivity index (χ3v) is 4.78. The molecule has 1 unspecified atom stereocenters. The molecule has 3 N–H and O–H groups in total. The lowest BCUT2D eigenvalue weighted by molar-refractivity contribution is -0.121. The minimum absolute atomic E-state index is 0.0659. The van der Waals surface area contributed by atoms with E-state index in [4.69, 9.17) is 4.74 Å². The number of nitrogens with one attached hydrogen (secondary N) is 3. The highest BCUT2D eigenvalue weighted by Gasteiger charge is 2.15. The van der Waals surface area contributed by atoms with Crippen LogP contribution in [0, 0.1) is 5.92 Å². The molecule has 2 aliphatic heterocycles. The largest absolute Gasteiger partial charge is 0.494 e. The number of ether oxygens (including phenoxy) is 1. The molecule has 25 heavy (non-hydrogen) atoms. The van der Waals surface area contributed by atoms with E-state index in [1.165, 1.54) is 12.8 Å². The van der Waals surface area contributed by atoms with E-state index in [9.17, 15) is 9.59 Å². The molecule has 0 saturated carbocycles. The van der Waals surface area contributed by atoms with Crippen molar-refractivity contribution in [2.45, 2.75) is 38.5 Å². The van der Waals surface area contributed by atoms with Crippen molar-refractivity contribution in [1.29, 1.82) is 0 Å². The summed E-state index contributed by atoms with van der Waals surface area (Å²) in [5, 5.41) is 9.24. The second kappa shape index (κ2) is 8.85. The van der Waals surface area contributed by atoms with Gasteiger partial charge in [0, 0.05) is 25.1 Å². The maximum Gasteiger partial charge on any atom is 0.224 e. The molecule has 1 aromatic rings. The van der Waals surface area contributed by atoms with Crippen LogP contribution in [0.4, 0.5) is 5.69 Å². The zero-order chi connectivity index (χ0) is 17.5. The van der Waals surface area contributed by atoms with E-state index >= 15 is 0 Å². The quantitative estimate of drug-likeness (QED) is 0.659. The van der Waals surface area contributed by atoms with Gasteiger partial charge in [-0.1, -0.05) is 0 Å². The van der Waals surface area contributed by atoms with Crippen LogP contribution in [0.3, 0.4) is 0 Å². The number of carbonyl (C=O) groups excluding carboxylic acids is 2. The lowest BCUT2D eigenvalue weighted by atomic mass is 10.00. The molecule has 1 fully saturated rings. The molecule has 1 atom stereocenters. The number of rotatable bonds is 7. The molecular weight excluding hydrogens is 318 g/mol. The highest BCUT2D eigenvalue weighted by molar-refractivity contribution is 5.94. The molecule has 0 bridgehead atoms. The minimum Gasteiger partial charge on any atom is -0.494 e. The molecule has 3 rings (SSSR count). The van der Waals surface area contributed by atoms with Crippen molar-refractivity contribution >= 4 is 17.5 Å². The van der Waals surface area contributed by atoms with Crippen LogP contribution in [0.15, 0.2) is 18.2 Å². The highest BCUT2D eigenvalue weighted by Crippen LogP contribution is 2.26. The molecule has 1 saturated heterocycles. The van der Waals surface area contributed by atoms with Crippen LogP contribution in [0.2, 0.25) is 0 Å². The third-order valence-electron chi connectivity index (χ3n) is 4.78. The SMILES string of the molecule is O=C(CCCOc1ccc2c(c1)CCC(=O)N2)NCC1CCCNC1. The molecule has 0 spiro atoms. The molecule has 2 heterocycles. The Labute approximate surface area is 148 Å². The first-order valence-electron chi connectivity index (χ1n) is 9.24. The summed E-state index contributed by atoms with van der Waals surface area (Å²) in [6, 6.07) is 5.72. The average molecular weight is 345 g/mol. The highest BCUT2D eigenvalue weighted by atomic mass is 16.5. The first-order chi connectivity index (χ1) is 12.2. The van der Waals surface area contributed by atoms with E-state index in [2.05, 4.69) is 16.0 Å². The maximum atomic E-state index is 11.9. The van der Waals surface area contributed by atoms with Gasteiger partial charge in [-0.25, -0.2) is 0 Å². The Morgan fingerprint density at radius 2 is 2.24 bits per heavy atom. The van der Waals surface area contributed by atoms with Gasteiger partial charge in [0.1, 0.15) is 5.75 Å². The monoisotopic (exact) mass is 345 g/mol. The van der Waals surface area contributed by atoms with Crippen LogP contribution in [-0.4, -0.2) is 38.1 Å². The van der Waals surface area contributed by atoms with Gasteiger partial charge in [0.15, 0.2) is 0 Å². The number of carbonyl (C=O) groups is 2. The van der Waals surface area contributed by atoms with E-state index in [1.54, 1.807) is 0 Å².